The summed E-state index contributed by atoms with van der Waals surface area (Å²) < 4.78 is 10.5. The third kappa shape index (κ3) is 3.36. The molecular formula is C17H15N3O4. The van der Waals surface area contributed by atoms with Gasteiger partial charge in [-0.05, 0) is 35.9 Å². The summed E-state index contributed by atoms with van der Waals surface area (Å²) in [6, 6.07) is 13.7. The van der Waals surface area contributed by atoms with E-state index in [9.17, 15) is 9.59 Å². The Kier molecular flexibility index (Phi) is 4.44. The summed E-state index contributed by atoms with van der Waals surface area (Å²) in [5, 5.41) is 2.56. The normalized spacial score (nSPS) is 12.6. The van der Waals surface area contributed by atoms with Gasteiger partial charge < -0.3 is 14.8 Å². The summed E-state index contributed by atoms with van der Waals surface area (Å²) in [6.07, 6.45) is 1.50. The Morgan fingerprint density at radius 3 is 2.54 bits per heavy atom. The van der Waals surface area contributed by atoms with E-state index in [1.54, 1.807) is 48.5 Å². The van der Waals surface area contributed by atoms with Crippen molar-refractivity contribution in [2.75, 3.05) is 6.79 Å². The van der Waals surface area contributed by atoms with E-state index in [1.165, 1.54) is 6.08 Å². The number of rotatable bonds is 4. The number of ether oxygens (including phenoxy) is 2. The summed E-state index contributed by atoms with van der Waals surface area (Å²) in [6.45, 7) is 0.156. The summed E-state index contributed by atoms with van der Waals surface area (Å²) in [5.41, 5.74) is 3.12. The lowest BCUT2D eigenvalue weighted by Crippen LogP contribution is -2.38. The molecule has 0 spiro atoms. The van der Waals surface area contributed by atoms with E-state index in [-0.39, 0.29) is 12.5 Å². The van der Waals surface area contributed by atoms with Crippen LogP contribution in [0.15, 0.2) is 54.2 Å². The van der Waals surface area contributed by atoms with Crippen LogP contribution in [0.25, 0.3) is 6.08 Å². The Labute approximate surface area is 138 Å². The molecule has 1 aliphatic heterocycles. The van der Waals surface area contributed by atoms with Crippen molar-refractivity contribution in [3.8, 4) is 11.5 Å². The number of amides is 2. The van der Waals surface area contributed by atoms with Crippen molar-refractivity contribution >= 4 is 17.9 Å². The van der Waals surface area contributed by atoms with Crippen LogP contribution in [0.3, 0.4) is 0 Å². The molecular weight excluding hydrogens is 310 g/mol. The first-order valence-electron chi connectivity index (χ1n) is 7.16. The number of fused-ring (bicyclic) bond motifs is 1. The highest BCUT2D eigenvalue weighted by atomic mass is 16.7. The van der Waals surface area contributed by atoms with Gasteiger partial charge in [0.05, 0.1) is 0 Å². The molecule has 24 heavy (non-hydrogen) atoms. The molecule has 0 saturated carbocycles. The van der Waals surface area contributed by atoms with Crippen molar-refractivity contribution < 1.29 is 19.1 Å². The van der Waals surface area contributed by atoms with E-state index in [0.29, 0.717) is 22.6 Å². The van der Waals surface area contributed by atoms with Crippen molar-refractivity contribution in [3.63, 3.8) is 0 Å². The van der Waals surface area contributed by atoms with Crippen molar-refractivity contribution in [2.45, 2.75) is 0 Å². The van der Waals surface area contributed by atoms with Crippen LogP contribution in [0.4, 0.5) is 0 Å². The van der Waals surface area contributed by atoms with Crippen LogP contribution in [-0.2, 0) is 4.79 Å². The van der Waals surface area contributed by atoms with Gasteiger partial charge in [0, 0.05) is 5.56 Å². The highest BCUT2D eigenvalue weighted by molar-refractivity contribution is 6.05. The van der Waals surface area contributed by atoms with Crippen LogP contribution in [0.1, 0.15) is 15.9 Å². The molecule has 2 amide bonds. The lowest BCUT2D eigenvalue weighted by Gasteiger charge is -2.09. The molecule has 7 heteroatoms. The first-order chi connectivity index (χ1) is 11.7. The van der Waals surface area contributed by atoms with Crippen LogP contribution >= 0.6 is 0 Å². The van der Waals surface area contributed by atoms with Gasteiger partial charge in [-0.2, -0.15) is 0 Å². The zero-order valence-corrected chi connectivity index (χ0v) is 12.6. The van der Waals surface area contributed by atoms with Crippen LogP contribution in [0.5, 0.6) is 11.5 Å². The van der Waals surface area contributed by atoms with Gasteiger partial charge in [-0.3, -0.25) is 15.0 Å². The van der Waals surface area contributed by atoms with Gasteiger partial charge in [0.1, 0.15) is 5.70 Å². The molecule has 0 atom stereocenters. The molecule has 0 radical (unpaired) electrons. The number of carbonyl (C=O) groups excluding carboxylic acids is 2. The molecule has 0 saturated heterocycles. The third-order valence-electron chi connectivity index (χ3n) is 3.37. The van der Waals surface area contributed by atoms with Crippen molar-refractivity contribution in [1.29, 1.82) is 0 Å². The first kappa shape index (κ1) is 15.6. The first-order valence-corrected chi connectivity index (χ1v) is 7.16. The van der Waals surface area contributed by atoms with Crippen LogP contribution in [-0.4, -0.2) is 18.6 Å². The minimum atomic E-state index is -0.614. The fourth-order valence-corrected chi connectivity index (χ4v) is 2.19. The van der Waals surface area contributed by atoms with Gasteiger partial charge in [0.25, 0.3) is 11.8 Å². The smallest absolute Gasteiger partial charge is 0.281 e. The number of hydrogen-bond donors (Lipinski definition) is 3. The van der Waals surface area contributed by atoms with Crippen molar-refractivity contribution in [2.24, 2.45) is 5.84 Å². The monoisotopic (exact) mass is 325 g/mol. The third-order valence-corrected chi connectivity index (χ3v) is 3.37. The summed E-state index contributed by atoms with van der Waals surface area (Å²) in [4.78, 5) is 24.2. The topological polar surface area (TPSA) is 103 Å². The Balaban J connectivity index is 1.86. The predicted octanol–water partition coefficient (Wildman–Crippen LogP) is 1.18. The van der Waals surface area contributed by atoms with Gasteiger partial charge in [0.15, 0.2) is 11.5 Å². The fraction of sp³-hybridized carbons (Fsp3) is 0.0588. The van der Waals surface area contributed by atoms with Gasteiger partial charge in [-0.15, -0.1) is 0 Å². The van der Waals surface area contributed by atoms with E-state index in [0.717, 1.165) is 0 Å². The van der Waals surface area contributed by atoms with Gasteiger partial charge in [0.2, 0.25) is 6.79 Å². The maximum absolute atomic E-state index is 12.2. The van der Waals surface area contributed by atoms with E-state index in [4.69, 9.17) is 15.3 Å². The molecule has 0 aromatic heterocycles. The Hall–Kier alpha value is -3.32. The molecule has 0 fully saturated rings. The minimum absolute atomic E-state index is 0.0187. The Morgan fingerprint density at radius 2 is 1.79 bits per heavy atom. The second kappa shape index (κ2) is 6.84. The van der Waals surface area contributed by atoms with E-state index in [1.807, 2.05) is 5.43 Å². The minimum Gasteiger partial charge on any atom is -0.454 e. The number of hydrazine groups is 1. The quantitative estimate of drug-likeness (QED) is 0.339. The SMILES string of the molecule is NNC(=O)/C(=C\c1ccc2c(c1)OCO2)NC(=O)c1ccccc1. The standard InChI is InChI=1S/C17H15N3O4/c18-20-17(22)13(19-16(21)12-4-2-1-3-5-12)8-11-6-7-14-15(9-11)24-10-23-14/h1-9H,10,18H2,(H,19,21)(H,20,22)/b13-8+. The molecule has 2 aromatic carbocycles. The average molecular weight is 325 g/mol. The largest absolute Gasteiger partial charge is 0.454 e. The second-order valence-corrected chi connectivity index (χ2v) is 4.96. The predicted molar refractivity (Wildman–Crippen MR) is 86.8 cm³/mol. The average Bonchev–Trinajstić information content (AvgIpc) is 3.09. The van der Waals surface area contributed by atoms with Crippen LogP contribution in [0, 0.1) is 0 Å². The number of hydrogen-bond acceptors (Lipinski definition) is 5. The maximum atomic E-state index is 12.2. The van der Waals surface area contributed by atoms with Crippen molar-refractivity contribution in [3.05, 3.63) is 65.4 Å². The Morgan fingerprint density at radius 1 is 1.04 bits per heavy atom. The summed E-state index contributed by atoms with van der Waals surface area (Å²) in [5.74, 6) is 5.37. The molecule has 0 unspecified atom stereocenters. The van der Waals surface area contributed by atoms with Gasteiger partial charge in [-0.25, -0.2) is 5.84 Å². The maximum Gasteiger partial charge on any atom is 0.281 e. The molecule has 122 valence electrons. The molecule has 3 rings (SSSR count). The fourth-order valence-electron chi connectivity index (χ4n) is 2.19. The number of nitrogens with two attached hydrogens (primary N) is 1. The van der Waals surface area contributed by atoms with E-state index < -0.39 is 11.8 Å². The zero-order chi connectivity index (χ0) is 16.9. The highest BCUT2D eigenvalue weighted by Crippen LogP contribution is 2.33. The number of carbonyl (C=O) groups is 2. The lowest BCUT2D eigenvalue weighted by atomic mass is 10.1. The molecule has 1 aliphatic rings. The summed E-state index contributed by atoms with van der Waals surface area (Å²) >= 11 is 0. The summed E-state index contributed by atoms with van der Waals surface area (Å²) in [7, 11) is 0. The molecule has 0 aliphatic carbocycles. The zero-order valence-electron chi connectivity index (χ0n) is 12.6. The van der Waals surface area contributed by atoms with Crippen LogP contribution < -0.4 is 26.1 Å². The molecule has 1 heterocycles. The molecule has 7 nitrogen and oxygen atoms in total. The molecule has 0 bridgehead atoms. The number of nitrogens with one attached hydrogen (secondary N) is 2. The van der Waals surface area contributed by atoms with E-state index in [2.05, 4.69) is 5.32 Å². The van der Waals surface area contributed by atoms with Crippen molar-refractivity contribution in [1.82, 2.24) is 10.7 Å². The second-order valence-electron chi connectivity index (χ2n) is 4.96. The van der Waals surface area contributed by atoms with E-state index >= 15 is 0 Å². The van der Waals surface area contributed by atoms with Gasteiger partial charge in [-0.1, -0.05) is 24.3 Å². The Bertz CT molecular complexity index is 803. The highest BCUT2D eigenvalue weighted by Gasteiger charge is 2.16. The van der Waals surface area contributed by atoms with Gasteiger partial charge >= 0.3 is 0 Å². The lowest BCUT2D eigenvalue weighted by molar-refractivity contribution is -0.117. The van der Waals surface area contributed by atoms with Crippen LogP contribution in [0.2, 0.25) is 0 Å². The molecule has 2 aromatic rings. The molecule has 4 N–H and O–H groups in total. The number of benzene rings is 2.